The smallest absolute Gasteiger partial charge is 0.122 e. The Balaban J connectivity index is 2.42. The number of rotatable bonds is 5. The van der Waals surface area contributed by atoms with E-state index in [0.717, 1.165) is 25.4 Å². The summed E-state index contributed by atoms with van der Waals surface area (Å²) in [6.07, 6.45) is 0.949. The quantitative estimate of drug-likeness (QED) is 0.871. The summed E-state index contributed by atoms with van der Waals surface area (Å²) in [5.74, 6) is 1.47. The molecule has 2 rings (SSSR count). The first kappa shape index (κ1) is 13.4. The third-order valence-corrected chi connectivity index (χ3v) is 3.84. The van der Waals surface area contributed by atoms with Crippen LogP contribution in [0.3, 0.4) is 0 Å². The molecule has 0 amide bonds. The van der Waals surface area contributed by atoms with Crippen LogP contribution in [0, 0.1) is 0 Å². The van der Waals surface area contributed by atoms with Crippen LogP contribution in [0.25, 0.3) is 0 Å². The van der Waals surface area contributed by atoms with E-state index in [2.05, 4.69) is 32.0 Å². The number of hydrogen-bond acceptors (Lipinski definition) is 3. The Kier molecular flexibility index (Phi) is 3.93. The number of nitrogens with two attached hydrogens (primary N) is 1. The Morgan fingerprint density at radius 3 is 2.56 bits per heavy atom. The van der Waals surface area contributed by atoms with E-state index in [4.69, 9.17) is 15.2 Å². The van der Waals surface area contributed by atoms with E-state index in [-0.39, 0.29) is 5.41 Å². The Bertz CT molecular complexity index is 411. The van der Waals surface area contributed by atoms with Gasteiger partial charge in [0.1, 0.15) is 5.75 Å². The molecule has 0 aliphatic carbocycles. The second-order valence-electron chi connectivity index (χ2n) is 5.43. The minimum absolute atomic E-state index is 0.0605. The monoisotopic (exact) mass is 249 g/mol. The fourth-order valence-corrected chi connectivity index (χ4v) is 2.56. The largest absolute Gasteiger partial charge is 0.496 e. The van der Waals surface area contributed by atoms with Crippen molar-refractivity contribution in [3.63, 3.8) is 0 Å². The van der Waals surface area contributed by atoms with Gasteiger partial charge in [-0.15, -0.1) is 0 Å². The molecule has 1 aliphatic rings. The fraction of sp³-hybridized carbons (Fsp3) is 0.600. The van der Waals surface area contributed by atoms with Gasteiger partial charge in [-0.2, -0.15) is 0 Å². The molecule has 3 nitrogen and oxygen atoms in total. The maximum Gasteiger partial charge on any atom is 0.122 e. The topological polar surface area (TPSA) is 44.5 Å². The van der Waals surface area contributed by atoms with E-state index in [9.17, 15) is 0 Å². The molecule has 0 spiro atoms. The predicted octanol–water partition coefficient (Wildman–Crippen LogP) is 2.44. The van der Waals surface area contributed by atoms with Gasteiger partial charge in [-0.1, -0.05) is 26.0 Å². The highest BCUT2D eigenvalue weighted by Crippen LogP contribution is 2.41. The molecule has 1 aromatic rings. The van der Waals surface area contributed by atoms with Crippen molar-refractivity contribution in [1.82, 2.24) is 0 Å². The molecule has 0 bridgehead atoms. The van der Waals surface area contributed by atoms with Crippen LogP contribution < -0.4 is 10.5 Å². The zero-order chi connectivity index (χ0) is 13.2. The SMILES string of the molecule is COc1ccc(C(C)C)cc1C1(CCN)COC1. The molecule has 0 saturated carbocycles. The Morgan fingerprint density at radius 2 is 2.11 bits per heavy atom. The van der Waals surface area contributed by atoms with Crippen LogP contribution in [0.5, 0.6) is 5.75 Å². The van der Waals surface area contributed by atoms with Crippen molar-refractivity contribution in [2.75, 3.05) is 26.9 Å². The lowest BCUT2D eigenvalue weighted by atomic mass is 9.74. The molecule has 0 atom stereocenters. The predicted molar refractivity (Wildman–Crippen MR) is 73.3 cm³/mol. The van der Waals surface area contributed by atoms with E-state index >= 15 is 0 Å². The third kappa shape index (κ3) is 2.25. The maximum absolute atomic E-state index is 5.75. The first-order valence-corrected chi connectivity index (χ1v) is 6.59. The zero-order valence-electron chi connectivity index (χ0n) is 11.5. The average Bonchev–Trinajstić information content (AvgIpc) is 2.33. The van der Waals surface area contributed by atoms with Crippen LogP contribution in [0.2, 0.25) is 0 Å². The van der Waals surface area contributed by atoms with Crippen LogP contribution in [0.1, 0.15) is 37.3 Å². The van der Waals surface area contributed by atoms with Crippen molar-refractivity contribution < 1.29 is 9.47 Å². The minimum Gasteiger partial charge on any atom is -0.496 e. The Morgan fingerprint density at radius 1 is 1.39 bits per heavy atom. The lowest BCUT2D eigenvalue weighted by Crippen LogP contribution is -2.48. The molecule has 100 valence electrons. The van der Waals surface area contributed by atoms with Gasteiger partial charge < -0.3 is 15.2 Å². The van der Waals surface area contributed by atoms with Gasteiger partial charge in [0.25, 0.3) is 0 Å². The highest BCUT2D eigenvalue weighted by atomic mass is 16.5. The van der Waals surface area contributed by atoms with Crippen LogP contribution in [0.15, 0.2) is 18.2 Å². The van der Waals surface area contributed by atoms with Crippen LogP contribution in [0.4, 0.5) is 0 Å². The Labute approximate surface area is 109 Å². The van der Waals surface area contributed by atoms with Gasteiger partial charge in [-0.25, -0.2) is 0 Å². The summed E-state index contributed by atoms with van der Waals surface area (Å²) in [4.78, 5) is 0. The summed E-state index contributed by atoms with van der Waals surface area (Å²) < 4.78 is 10.9. The van der Waals surface area contributed by atoms with Crippen molar-refractivity contribution >= 4 is 0 Å². The highest BCUT2D eigenvalue weighted by molar-refractivity contribution is 5.44. The second-order valence-corrected chi connectivity index (χ2v) is 5.43. The van der Waals surface area contributed by atoms with Crippen LogP contribution >= 0.6 is 0 Å². The normalized spacial score (nSPS) is 17.6. The molecule has 0 unspecified atom stereocenters. The van der Waals surface area contributed by atoms with Gasteiger partial charge in [0, 0.05) is 11.0 Å². The summed E-state index contributed by atoms with van der Waals surface area (Å²) in [5.41, 5.74) is 8.41. The molecule has 1 aliphatic heterocycles. The van der Waals surface area contributed by atoms with E-state index in [1.807, 2.05) is 0 Å². The van der Waals surface area contributed by atoms with Crippen LogP contribution in [-0.2, 0) is 10.2 Å². The molecule has 1 saturated heterocycles. The molecule has 18 heavy (non-hydrogen) atoms. The van der Waals surface area contributed by atoms with Crippen molar-refractivity contribution in [3.8, 4) is 5.75 Å². The lowest BCUT2D eigenvalue weighted by Gasteiger charge is -2.42. The number of ether oxygens (including phenoxy) is 2. The molecule has 0 aromatic heterocycles. The van der Waals surface area contributed by atoms with Gasteiger partial charge in [-0.05, 0) is 30.5 Å². The first-order valence-electron chi connectivity index (χ1n) is 6.59. The molecule has 2 N–H and O–H groups in total. The van der Waals surface area contributed by atoms with Crippen molar-refractivity contribution in [2.45, 2.75) is 31.6 Å². The molecule has 1 aromatic carbocycles. The number of hydrogen-bond donors (Lipinski definition) is 1. The average molecular weight is 249 g/mol. The lowest BCUT2D eigenvalue weighted by molar-refractivity contribution is -0.0640. The van der Waals surface area contributed by atoms with E-state index in [1.165, 1.54) is 11.1 Å². The molecule has 1 heterocycles. The summed E-state index contributed by atoms with van der Waals surface area (Å²) in [7, 11) is 1.73. The third-order valence-electron chi connectivity index (χ3n) is 3.84. The van der Waals surface area contributed by atoms with Gasteiger partial charge in [0.15, 0.2) is 0 Å². The summed E-state index contributed by atoms with van der Waals surface area (Å²) >= 11 is 0. The van der Waals surface area contributed by atoms with E-state index in [0.29, 0.717) is 12.5 Å². The van der Waals surface area contributed by atoms with Crippen molar-refractivity contribution in [1.29, 1.82) is 0 Å². The van der Waals surface area contributed by atoms with Gasteiger partial charge in [-0.3, -0.25) is 0 Å². The van der Waals surface area contributed by atoms with Crippen molar-refractivity contribution in [3.05, 3.63) is 29.3 Å². The van der Waals surface area contributed by atoms with Gasteiger partial charge in [0.2, 0.25) is 0 Å². The molecular weight excluding hydrogens is 226 g/mol. The zero-order valence-corrected chi connectivity index (χ0v) is 11.5. The highest BCUT2D eigenvalue weighted by Gasteiger charge is 2.41. The fourth-order valence-electron chi connectivity index (χ4n) is 2.56. The van der Waals surface area contributed by atoms with Gasteiger partial charge in [0.05, 0.1) is 20.3 Å². The van der Waals surface area contributed by atoms with Crippen LogP contribution in [-0.4, -0.2) is 26.9 Å². The molecule has 1 fully saturated rings. The van der Waals surface area contributed by atoms with Crippen molar-refractivity contribution in [2.24, 2.45) is 5.73 Å². The summed E-state index contributed by atoms with van der Waals surface area (Å²) in [5, 5.41) is 0. The molecular formula is C15H23NO2. The standard InChI is InChI=1S/C15H23NO2/c1-11(2)12-4-5-14(17-3)13(8-12)15(6-7-16)9-18-10-15/h4-5,8,11H,6-7,9-10,16H2,1-3H3. The van der Waals surface area contributed by atoms with E-state index < -0.39 is 0 Å². The van der Waals surface area contributed by atoms with E-state index in [1.54, 1.807) is 7.11 Å². The van der Waals surface area contributed by atoms with Gasteiger partial charge >= 0.3 is 0 Å². The Hall–Kier alpha value is -1.06. The number of methoxy groups -OCH3 is 1. The molecule has 0 radical (unpaired) electrons. The second kappa shape index (κ2) is 5.29. The first-order chi connectivity index (χ1) is 8.63. The maximum atomic E-state index is 5.75. The molecule has 3 heteroatoms. The summed E-state index contributed by atoms with van der Waals surface area (Å²) in [6, 6.07) is 6.48. The number of benzene rings is 1. The summed E-state index contributed by atoms with van der Waals surface area (Å²) in [6.45, 7) is 6.60. The minimum atomic E-state index is 0.0605.